The standard InChI is InChI=1S/C30H35N3O2/c1-21-18-23(30(2,3)4)12-13-24(21)26-19-27(35-20-22-10-8-7-9-11-22)29-25(31-26)14-15-28(32-29)34-17-16-33(5)6/h7-15,18-19H,16-17,20H2,1-6H3. The van der Waals surface area contributed by atoms with Crippen LogP contribution in [0.15, 0.2) is 66.7 Å². The largest absolute Gasteiger partial charge is 0.486 e. The van der Waals surface area contributed by atoms with Crippen LogP contribution < -0.4 is 9.47 Å². The van der Waals surface area contributed by atoms with Crippen molar-refractivity contribution in [2.75, 3.05) is 27.2 Å². The number of rotatable bonds is 8. The van der Waals surface area contributed by atoms with Gasteiger partial charge in [0.1, 0.15) is 24.5 Å². The first kappa shape index (κ1) is 24.7. The Hall–Kier alpha value is -3.44. The maximum absolute atomic E-state index is 6.32. The van der Waals surface area contributed by atoms with Crippen molar-refractivity contribution in [3.8, 4) is 22.9 Å². The van der Waals surface area contributed by atoms with Crippen LogP contribution in [0, 0.1) is 6.92 Å². The van der Waals surface area contributed by atoms with Crippen molar-refractivity contribution < 1.29 is 9.47 Å². The van der Waals surface area contributed by atoms with Crippen LogP contribution >= 0.6 is 0 Å². The first-order chi connectivity index (χ1) is 16.7. The average Bonchev–Trinajstić information content (AvgIpc) is 2.82. The van der Waals surface area contributed by atoms with E-state index >= 15 is 0 Å². The predicted molar refractivity (Wildman–Crippen MR) is 143 cm³/mol. The van der Waals surface area contributed by atoms with Gasteiger partial charge in [0.15, 0.2) is 0 Å². The lowest BCUT2D eigenvalue weighted by Crippen LogP contribution is -2.19. The molecule has 0 aliphatic carbocycles. The minimum absolute atomic E-state index is 0.0942. The van der Waals surface area contributed by atoms with Crippen LogP contribution in [0.3, 0.4) is 0 Å². The third-order valence-corrected chi connectivity index (χ3v) is 5.98. The normalized spacial score (nSPS) is 11.7. The molecule has 0 saturated heterocycles. The summed E-state index contributed by atoms with van der Waals surface area (Å²) in [5.41, 5.74) is 7.15. The molecule has 35 heavy (non-hydrogen) atoms. The lowest BCUT2D eigenvalue weighted by atomic mass is 9.85. The SMILES string of the molecule is Cc1cc(C(C)(C)C)ccc1-c1cc(OCc2ccccc2)c2nc(OCCN(C)C)ccc2n1. The Morgan fingerprint density at radius 2 is 1.63 bits per heavy atom. The fourth-order valence-corrected chi connectivity index (χ4v) is 3.87. The summed E-state index contributed by atoms with van der Waals surface area (Å²) in [5, 5.41) is 0. The van der Waals surface area contributed by atoms with Gasteiger partial charge in [-0.15, -0.1) is 0 Å². The summed E-state index contributed by atoms with van der Waals surface area (Å²) < 4.78 is 12.2. The fourth-order valence-electron chi connectivity index (χ4n) is 3.87. The van der Waals surface area contributed by atoms with Crippen molar-refractivity contribution in [2.45, 2.75) is 39.7 Å². The van der Waals surface area contributed by atoms with Gasteiger partial charge in [0.05, 0.1) is 11.2 Å². The molecule has 5 nitrogen and oxygen atoms in total. The molecule has 0 unspecified atom stereocenters. The monoisotopic (exact) mass is 469 g/mol. The maximum Gasteiger partial charge on any atom is 0.214 e. The minimum atomic E-state index is 0.0942. The Balaban J connectivity index is 1.73. The van der Waals surface area contributed by atoms with Crippen molar-refractivity contribution in [2.24, 2.45) is 0 Å². The number of hydrogen-bond acceptors (Lipinski definition) is 5. The number of likely N-dealkylation sites (N-methyl/N-ethyl adjacent to an activating group) is 1. The zero-order valence-corrected chi connectivity index (χ0v) is 21.6. The van der Waals surface area contributed by atoms with Crippen LogP contribution in [-0.4, -0.2) is 42.1 Å². The molecule has 0 spiro atoms. The van der Waals surface area contributed by atoms with Gasteiger partial charge in [-0.1, -0.05) is 69.3 Å². The molecule has 182 valence electrons. The molecule has 4 aromatic rings. The van der Waals surface area contributed by atoms with Crippen molar-refractivity contribution in [3.63, 3.8) is 0 Å². The van der Waals surface area contributed by atoms with Gasteiger partial charge < -0.3 is 14.4 Å². The molecule has 2 heterocycles. The molecule has 2 aromatic heterocycles. The predicted octanol–water partition coefficient (Wildman–Crippen LogP) is 6.42. The zero-order chi connectivity index (χ0) is 25.0. The molecular formula is C30H35N3O2. The van der Waals surface area contributed by atoms with E-state index in [0.717, 1.165) is 28.9 Å². The lowest BCUT2D eigenvalue weighted by Gasteiger charge is -2.21. The van der Waals surface area contributed by atoms with Crippen molar-refractivity contribution >= 4 is 11.0 Å². The second-order valence-electron chi connectivity index (χ2n) is 10.2. The Morgan fingerprint density at radius 3 is 2.31 bits per heavy atom. The highest BCUT2D eigenvalue weighted by molar-refractivity contribution is 5.85. The summed E-state index contributed by atoms with van der Waals surface area (Å²) in [6.45, 7) is 10.7. The molecule has 2 aromatic carbocycles. The second kappa shape index (κ2) is 10.4. The van der Waals surface area contributed by atoms with Crippen LogP contribution in [0.4, 0.5) is 0 Å². The van der Waals surface area contributed by atoms with E-state index in [-0.39, 0.29) is 5.41 Å². The lowest BCUT2D eigenvalue weighted by molar-refractivity contribution is 0.254. The first-order valence-corrected chi connectivity index (χ1v) is 12.1. The highest BCUT2D eigenvalue weighted by Gasteiger charge is 2.17. The maximum atomic E-state index is 6.32. The van der Waals surface area contributed by atoms with Crippen LogP contribution in [0.1, 0.15) is 37.5 Å². The molecular weight excluding hydrogens is 434 g/mol. The van der Waals surface area contributed by atoms with E-state index in [1.54, 1.807) is 0 Å². The van der Waals surface area contributed by atoms with Crippen LogP contribution in [0.25, 0.3) is 22.3 Å². The molecule has 0 amide bonds. The quantitative estimate of drug-likeness (QED) is 0.298. The average molecular weight is 470 g/mol. The molecule has 0 bridgehead atoms. The third kappa shape index (κ3) is 6.17. The number of pyridine rings is 2. The van der Waals surface area contributed by atoms with Gasteiger partial charge in [-0.25, -0.2) is 9.97 Å². The number of aryl methyl sites for hydroxylation is 1. The van der Waals surface area contributed by atoms with E-state index in [9.17, 15) is 0 Å². The molecule has 0 aliphatic rings. The number of benzene rings is 2. The first-order valence-electron chi connectivity index (χ1n) is 12.1. The van der Waals surface area contributed by atoms with Gasteiger partial charge >= 0.3 is 0 Å². The number of ether oxygens (including phenoxy) is 2. The van der Waals surface area contributed by atoms with Crippen LogP contribution in [-0.2, 0) is 12.0 Å². The van der Waals surface area contributed by atoms with E-state index in [1.165, 1.54) is 11.1 Å². The summed E-state index contributed by atoms with van der Waals surface area (Å²) in [6.07, 6.45) is 0. The van der Waals surface area contributed by atoms with Crippen molar-refractivity contribution in [1.29, 1.82) is 0 Å². The van der Waals surface area contributed by atoms with E-state index < -0.39 is 0 Å². The van der Waals surface area contributed by atoms with E-state index in [1.807, 2.05) is 50.5 Å². The van der Waals surface area contributed by atoms with Crippen LogP contribution in [0.5, 0.6) is 11.6 Å². The number of aromatic nitrogens is 2. The molecule has 4 rings (SSSR count). The Kier molecular flexibility index (Phi) is 7.37. The Labute approximate surface area is 208 Å². The van der Waals surface area contributed by atoms with Gasteiger partial charge in [0, 0.05) is 24.2 Å². The molecule has 0 aliphatic heterocycles. The van der Waals surface area contributed by atoms with Gasteiger partial charge in [-0.2, -0.15) is 0 Å². The van der Waals surface area contributed by atoms with Gasteiger partial charge in [0.25, 0.3) is 0 Å². The number of fused-ring (bicyclic) bond motifs is 1. The summed E-state index contributed by atoms with van der Waals surface area (Å²) in [7, 11) is 4.04. The van der Waals surface area contributed by atoms with Gasteiger partial charge in [-0.3, -0.25) is 0 Å². The van der Waals surface area contributed by atoms with Gasteiger partial charge in [-0.05, 0) is 49.2 Å². The summed E-state index contributed by atoms with van der Waals surface area (Å²) in [5.74, 6) is 1.27. The summed E-state index contributed by atoms with van der Waals surface area (Å²) in [4.78, 5) is 11.8. The van der Waals surface area contributed by atoms with E-state index in [4.69, 9.17) is 19.4 Å². The molecule has 5 heteroatoms. The number of hydrogen-bond donors (Lipinski definition) is 0. The van der Waals surface area contributed by atoms with Crippen LogP contribution in [0.2, 0.25) is 0 Å². The zero-order valence-electron chi connectivity index (χ0n) is 21.6. The van der Waals surface area contributed by atoms with Gasteiger partial charge in [0.2, 0.25) is 5.88 Å². The van der Waals surface area contributed by atoms with Crippen molar-refractivity contribution in [3.05, 3.63) is 83.4 Å². The minimum Gasteiger partial charge on any atom is -0.486 e. The second-order valence-corrected chi connectivity index (χ2v) is 10.2. The number of nitrogens with zero attached hydrogens (tertiary/aromatic N) is 3. The molecule has 0 radical (unpaired) electrons. The topological polar surface area (TPSA) is 47.5 Å². The molecule has 0 atom stereocenters. The molecule has 0 saturated carbocycles. The van der Waals surface area contributed by atoms with E-state index in [0.29, 0.717) is 30.4 Å². The summed E-state index contributed by atoms with van der Waals surface area (Å²) >= 11 is 0. The molecule has 0 N–H and O–H groups in total. The fraction of sp³-hybridized carbons (Fsp3) is 0.333. The Bertz CT molecular complexity index is 1290. The smallest absolute Gasteiger partial charge is 0.214 e. The van der Waals surface area contributed by atoms with E-state index in [2.05, 4.69) is 62.9 Å². The highest BCUT2D eigenvalue weighted by Crippen LogP contribution is 2.34. The van der Waals surface area contributed by atoms with Crippen molar-refractivity contribution in [1.82, 2.24) is 14.9 Å². The highest BCUT2D eigenvalue weighted by atomic mass is 16.5. The Morgan fingerprint density at radius 1 is 0.857 bits per heavy atom. The summed E-state index contributed by atoms with van der Waals surface area (Å²) in [6, 6.07) is 22.6. The third-order valence-electron chi connectivity index (χ3n) is 5.98. The molecule has 0 fully saturated rings.